The van der Waals surface area contributed by atoms with Crippen molar-refractivity contribution < 1.29 is 28.7 Å². The van der Waals surface area contributed by atoms with E-state index in [1.807, 2.05) is 13.8 Å². The van der Waals surface area contributed by atoms with Gasteiger partial charge in [-0.3, -0.25) is 19.7 Å². The van der Waals surface area contributed by atoms with Gasteiger partial charge in [0.1, 0.15) is 23.2 Å². The summed E-state index contributed by atoms with van der Waals surface area (Å²) < 4.78 is 17.2. The van der Waals surface area contributed by atoms with Crippen LogP contribution in [0, 0.1) is 10.1 Å². The van der Waals surface area contributed by atoms with Gasteiger partial charge in [0, 0.05) is 30.7 Å². The molecule has 2 aliphatic heterocycles. The summed E-state index contributed by atoms with van der Waals surface area (Å²) in [6.07, 6.45) is 1.57. The van der Waals surface area contributed by atoms with Crippen molar-refractivity contribution in [3.8, 4) is 5.75 Å². The molecule has 0 saturated carbocycles. The number of amides is 1. The molecule has 0 aromatic heterocycles. The molecule has 0 saturated heterocycles. The first-order valence-corrected chi connectivity index (χ1v) is 9.46. The number of non-ortho nitro benzene ring substituents is 1. The molecule has 1 amide bonds. The molecule has 2 aliphatic rings. The highest BCUT2D eigenvalue weighted by molar-refractivity contribution is 5.91. The number of carbonyl (C=O) groups excluding carboxylic acids is 2. The van der Waals surface area contributed by atoms with Gasteiger partial charge in [0.15, 0.2) is 6.10 Å². The number of hydrogen-bond donors (Lipinski definition) is 0. The minimum atomic E-state index is -0.879. The minimum Gasteiger partial charge on any atom is -0.499 e. The van der Waals surface area contributed by atoms with Gasteiger partial charge >= 0.3 is 5.97 Å². The first-order valence-electron chi connectivity index (χ1n) is 9.46. The maximum atomic E-state index is 12.7. The molecule has 0 aliphatic carbocycles. The molecule has 0 N–H and O–H groups in total. The van der Waals surface area contributed by atoms with Gasteiger partial charge in [-0.1, -0.05) is 13.8 Å². The third kappa shape index (κ3) is 3.52. The summed E-state index contributed by atoms with van der Waals surface area (Å²) in [4.78, 5) is 37.0. The number of esters is 1. The Morgan fingerprint density at radius 1 is 1.38 bits per heavy atom. The van der Waals surface area contributed by atoms with E-state index in [9.17, 15) is 19.7 Å². The standard InChI is InChI=1S/C20H24N2O7/c1-5-20(6-2)19(28-12(3)23)18(21-11-14(27-4)10-17(21)24)15-9-13(22(25)26)7-8-16(15)29-20/h7-10,18-19H,5-6,11H2,1-4H3/t18-,19+/m1/s1. The van der Waals surface area contributed by atoms with Crippen LogP contribution < -0.4 is 4.74 Å². The number of nitrogens with zero attached hydrogens (tertiary/aromatic N) is 2. The highest BCUT2D eigenvalue weighted by atomic mass is 16.6. The number of nitro groups is 1. The molecule has 2 heterocycles. The van der Waals surface area contributed by atoms with Crippen molar-refractivity contribution in [1.29, 1.82) is 0 Å². The zero-order valence-corrected chi connectivity index (χ0v) is 16.8. The fourth-order valence-electron chi connectivity index (χ4n) is 4.05. The zero-order valence-electron chi connectivity index (χ0n) is 16.8. The molecule has 1 aromatic rings. The predicted molar refractivity (Wildman–Crippen MR) is 102 cm³/mol. The van der Waals surface area contributed by atoms with Gasteiger partial charge in [-0.05, 0) is 18.9 Å². The Kier molecular flexibility index (Phi) is 5.50. The summed E-state index contributed by atoms with van der Waals surface area (Å²) in [5, 5.41) is 11.3. The van der Waals surface area contributed by atoms with Crippen LogP contribution in [-0.2, 0) is 19.1 Å². The molecule has 0 spiro atoms. The van der Waals surface area contributed by atoms with Crippen molar-refractivity contribution >= 4 is 17.6 Å². The first-order chi connectivity index (χ1) is 13.8. The van der Waals surface area contributed by atoms with E-state index in [0.29, 0.717) is 29.9 Å². The molecule has 0 bridgehead atoms. The predicted octanol–water partition coefficient (Wildman–Crippen LogP) is 2.89. The topological polar surface area (TPSA) is 108 Å². The van der Waals surface area contributed by atoms with Crippen molar-refractivity contribution in [2.24, 2.45) is 0 Å². The number of benzene rings is 1. The third-order valence-corrected chi connectivity index (χ3v) is 5.62. The summed E-state index contributed by atoms with van der Waals surface area (Å²) >= 11 is 0. The number of rotatable bonds is 6. The molecule has 0 unspecified atom stereocenters. The van der Waals surface area contributed by atoms with Crippen molar-refractivity contribution in [1.82, 2.24) is 4.90 Å². The normalized spacial score (nSPS) is 22.4. The van der Waals surface area contributed by atoms with Crippen molar-refractivity contribution in [2.75, 3.05) is 13.7 Å². The summed E-state index contributed by atoms with van der Waals surface area (Å²) in [5.74, 6) is 0.0693. The molecular weight excluding hydrogens is 380 g/mol. The van der Waals surface area contributed by atoms with E-state index >= 15 is 0 Å². The molecule has 1 aromatic carbocycles. The number of ether oxygens (including phenoxy) is 3. The lowest BCUT2D eigenvalue weighted by Gasteiger charge is -2.49. The molecule has 3 rings (SSSR count). The van der Waals surface area contributed by atoms with Crippen molar-refractivity contribution in [3.63, 3.8) is 0 Å². The molecular formula is C20H24N2O7. The van der Waals surface area contributed by atoms with Crippen LogP contribution >= 0.6 is 0 Å². The molecule has 9 nitrogen and oxygen atoms in total. The Morgan fingerprint density at radius 2 is 2.07 bits per heavy atom. The van der Waals surface area contributed by atoms with Crippen LogP contribution in [0.15, 0.2) is 30.0 Å². The largest absolute Gasteiger partial charge is 0.499 e. The molecule has 29 heavy (non-hydrogen) atoms. The summed E-state index contributed by atoms with van der Waals surface area (Å²) in [6, 6.07) is 3.53. The van der Waals surface area contributed by atoms with Gasteiger partial charge in [0.05, 0.1) is 18.6 Å². The van der Waals surface area contributed by atoms with Crippen molar-refractivity contribution in [2.45, 2.75) is 51.4 Å². The van der Waals surface area contributed by atoms with Gasteiger partial charge in [0.2, 0.25) is 0 Å². The number of fused-ring (bicyclic) bond motifs is 1. The second kappa shape index (κ2) is 7.73. The molecule has 0 radical (unpaired) electrons. The Labute approximate surface area is 168 Å². The van der Waals surface area contributed by atoms with Gasteiger partial charge in [-0.25, -0.2) is 0 Å². The third-order valence-electron chi connectivity index (χ3n) is 5.62. The van der Waals surface area contributed by atoms with E-state index in [4.69, 9.17) is 14.2 Å². The van der Waals surface area contributed by atoms with Crippen LogP contribution in [0.5, 0.6) is 5.75 Å². The van der Waals surface area contributed by atoms with Crippen molar-refractivity contribution in [3.05, 3.63) is 45.7 Å². The first kappa shape index (κ1) is 20.6. The van der Waals surface area contributed by atoms with Gasteiger partial charge < -0.3 is 19.1 Å². The smallest absolute Gasteiger partial charge is 0.303 e. The quantitative estimate of drug-likeness (QED) is 0.407. The van der Waals surface area contributed by atoms with Gasteiger partial charge in [-0.2, -0.15) is 0 Å². The van der Waals surface area contributed by atoms with Gasteiger partial charge in [0.25, 0.3) is 11.6 Å². The second-order valence-electron chi connectivity index (χ2n) is 7.11. The second-order valence-corrected chi connectivity index (χ2v) is 7.11. The number of methoxy groups -OCH3 is 1. The Hall–Kier alpha value is -3.10. The van der Waals surface area contributed by atoms with E-state index in [1.54, 1.807) is 0 Å². The lowest BCUT2D eigenvalue weighted by molar-refractivity contribution is -0.385. The van der Waals surface area contributed by atoms with Crippen LogP contribution in [-0.4, -0.2) is 47.1 Å². The molecule has 9 heteroatoms. The van der Waals surface area contributed by atoms with Crippen LogP contribution in [0.2, 0.25) is 0 Å². The average molecular weight is 404 g/mol. The Balaban J connectivity index is 2.20. The number of nitro benzene ring substituents is 1. The van der Waals surface area contributed by atoms with E-state index in [0.717, 1.165) is 0 Å². The SMILES string of the molecule is CCC1(CC)Oc2ccc([N+](=O)[O-])cc2[C@@H](N2CC(OC)=CC2=O)[C@@H]1OC(C)=O. The Bertz CT molecular complexity index is 876. The number of carbonyl (C=O) groups is 2. The highest BCUT2D eigenvalue weighted by Gasteiger charge is 2.54. The summed E-state index contributed by atoms with van der Waals surface area (Å²) in [6.45, 7) is 5.29. The van der Waals surface area contributed by atoms with Gasteiger partial charge in [-0.15, -0.1) is 0 Å². The zero-order chi connectivity index (χ0) is 21.3. The van der Waals surface area contributed by atoms with E-state index in [1.165, 1.54) is 43.2 Å². The fraction of sp³-hybridized carbons (Fsp3) is 0.500. The van der Waals surface area contributed by atoms with Crippen LogP contribution in [0.3, 0.4) is 0 Å². The maximum Gasteiger partial charge on any atom is 0.303 e. The minimum absolute atomic E-state index is 0.133. The van der Waals surface area contributed by atoms with E-state index in [2.05, 4.69) is 0 Å². The highest BCUT2D eigenvalue weighted by Crippen LogP contribution is 2.49. The Morgan fingerprint density at radius 3 is 2.59 bits per heavy atom. The molecule has 2 atom stereocenters. The van der Waals surface area contributed by atoms with E-state index < -0.39 is 28.6 Å². The lowest BCUT2D eigenvalue weighted by Crippen LogP contribution is -2.58. The molecule has 0 fully saturated rings. The molecule has 156 valence electrons. The lowest BCUT2D eigenvalue weighted by atomic mass is 9.79. The summed E-state index contributed by atoms with van der Waals surface area (Å²) in [5.41, 5.74) is -0.580. The van der Waals surface area contributed by atoms with Crippen LogP contribution in [0.25, 0.3) is 0 Å². The fourth-order valence-corrected chi connectivity index (χ4v) is 4.05. The monoisotopic (exact) mass is 404 g/mol. The number of hydrogen-bond acceptors (Lipinski definition) is 7. The van der Waals surface area contributed by atoms with E-state index in [-0.39, 0.29) is 18.1 Å². The van der Waals surface area contributed by atoms with Crippen LogP contribution in [0.1, 0.15) is 45.2 Å². The van der Waals surface area contributed by atoms with Crippen LogP contribution in [0.4, 0.5) is 5.69 Å². The summed E-state index contributed by atoms with van der Waals surface area (Å²) in [7, 11) is 1.47. The average Bonchev–Trinajstić information content (AvgIpc) is 3.07. The maximum absolute atomic E-state index is 12.7.